The van der Waals surface area contributed by atoms with Crippen LogP contribution < -0.4 is 5.73 Å². The fourth-order valence-electron chi connectivity index (χ4n) is 0.275. The Bertz CT molecular complexity index is 78.8. The number of carbonyl (C=O) groups is 1. The van der Waals surface area contributed by atoms with Crippen molar-refractivity contribution >= 4 is 5.78 Å². The van der Waals surface area contributed by atoms with Gasteiger partial charge in [-0.15, -0.1) is 0 Å². The molecule has 0 amide bonds. The van der Waals surface area contributed by atoms with E-state index < -0.39 is 0 Å². The predicted molar refractivity (Wildman–Crippen MR) is 43.8 cm³/mol. The van der Waals surface area contributed by atoms with Crippen LogP contribution in [0.1, 0.15) is 28.6 Å². The zero-order chi connectivity index (χ0) is 8.41. The van der Waals surface area contributed by atoms with Gasteiger partial charge in [0, 0.05) is 7.85 Å². The Morgan fingerprint density at radius 3 is 2.40 bits per heavy atom. The molecular weight excluding hydrogens is 130 g/mol. The summed E-state index contributed by atoms with van der Waals surface area (Å²) >= 11 is 0. The SMILES string of the molecule is CC.CCC(=O)COCN.[HH]. The number of nitrogens with two attached hydrogens (primary N) is 1. The summed E-state index contributed by atoms with van der Waals surface area (Å²) in [5, 5.41) is 0. The Morgan fingerprint density at radius 1 is 1.60 bits per heavy atom. The smallest absolute Gasteiger partial charge is 0.158 e. The van der Waals surface area contributed by atoms with E-state index >= 15 is 0 Å². The molecule has 0 unspecified atom stereocenters. The Labute approximate surface area is 64.0 Å². The lowest BCUT2D eigenvalue weighted by atomic mass is 10.3. The standard InChI is InChI=1S/C5H11NO2.C2H6.H2/c1-2-5(7)3-8-4-6;1-2;/h2-4,6H2,1H3;1-2H3;1H. The van der Waals surface area contributed by atoms with Crippen molar-refractivity contribution < 1.29 is 11.0 Å². The van der Waals surface area contributed by atoms with Crippen molar-refractivity contribution in [2.75, 3.05) is 13.3 Å². The zero-order valence-electron chi connectivity index (χ0n) is 7.02. The van der Waals surface area contributed by atoms with Crippen LogP contribution in [-0.2, 0) is 9.53 Å². The normalized spacial score (nSPS) is 8.00. The van der Waals surface area contributed by atoms with Crippen LogP contribution in [0.15, 0.2) is 0 Å². The fraction of sp³-hybridized carbons (Fsp3) is 0.857. The van der Waals surface area contributed by atoms with Crippen molar-refractivity contribution in [1.29, 1.82) is 0 Å². The first-order valence-electron chi connectivity index (χ1n) is 3.60. The van der Waals surface area contributed by atoms with Crippen LogP contribution in [0.3, 0.4) is 0 Å². The molecule has 0 bridgehead atoms. The van der Waals surface area contributed by atoms with E-state index in [-0.39, 0.29) is 20.5 Å². The van der Waals surface area contributed by atoms with E-state index in [4.69, 9.17) is 5.73 Å². The number of carbonyl (C=O) groups excluding carboxylic acids is 1. The van der Waals surface area contributed by atoms with E-state index in [0.29, 0.717) is 6.42 Å². The first kappa shape index (κ1) is 12.3. The van der Waals surface area contributed by atoms with Gasteiger partial charge in [-0.1, -0.05) is 20.8 Å². The van der Waals surface area contributed by atoms with Crippen LogP contribution in [0.5, 0.6) is 0 Å². The molecule has 0 aromatic carbocycles. The van der Waals surface area contributed by atoms with E-state index in [1.165, 1.54) is 0 Å². The highest BCUT2D eigenvalue weighted by atomic mass is 16.5. The number of ether oxygens (including phenoxy) is 1. The number of rotatable bonds is 4. The van der Waals surface area contributed by atoms with E-state index in [0.717, 1.165) is 0 Å². The minimum atomic E-state index is 0. The topological polar surface area (TPSA) is 52.3 Å². The Balaban J connectivity index is -0.000000196. The van der Waals surface area contributed by atoms with Crippen molar-refractivity contribution in [2.45, 2.75) is 27.2 Å². The quantitative estimate of drug-likeness (QED) is 0.610. The maximum Gasteiger partial charge on any atom is 0.158 e. The second-order valence-corrected chi connectivity index (χ2v) is 1.41. The average Bonchev–Trinajstić information content (AvgIpc) is 2.04. The van der Waals surface area contributed by atoms with Crippen LogP contribution in [0.2, 0.25) is 0 Å². The molecule has 0 fully saturated rings. The highest BCUT2D eigenvalue weighted by Crippen LogP contribution is 1.79. The molecule has 0 saturated heterocycles. The Hall–Kier alpha value is -0.410. The third-order valence-corrected chi connectivity index (χ3v) is 0.775. The van der Waals surface area contributed by atoms with Gasteiger partial charge in [0.1, 0.15) is 6.61 Å². The van der Waals surface area contributed by atoms with E-state index in [2.05, 4.69) is 4.74 Å². The molecule has 10 heavy (non-hydrogen) atoms. The Morgan fingerprint density at radius 2 is 2.10 bits per heavy atom. The van der Waals surface area contributed by atoms with Crippen LogP contribution >= 0.6 is 0 Å². The number of ketones is 1. The lowest BCUT2D eigenvalue weighted by Crippen LogP contribution is -2.12. The lowest BCUT2D eigenvalue weighted by molar-refractivity contribution is -0.123. The molecule has 0 heterocycles. The lowest BCUT2D eigenvalue weighted by Gasteiger charge is -1.94. The van der Waals surface area contributed by atoms with Crippen molar-refractivity contribution in [1.82, 2.24) is 0 Å². The highest BCUT2D eigenvalue weighted by molar-refractivity contribution is 5.79. The summed E-state index contributed by atoms with van der Waals surface area (Å²) in [6, 6.07) is 0. The molecule has 0 aromatic heterocycles. The van der Waals surface area contributed by atoms with Crippen molar-refractivity contribution in [3.63, 3.8) is 0 Å². The molecule has 0 radical (unpaired) electrons. The van der Waals surface area contributed by atoms with Gasteiger partial charge in [0.05, 0.1) is 6.73 Å². The predicted octanol–water partition coefficient (Wildman–Crippen LogP) is 1.17. The van der Waals surface area contributed by atoms with Crippen LogP contribution in [0.4, 0.5) is 0 Å². The minimum Gasteiger partial charge on any atom is -0.359 e. The first-order valence-corrected chi connectivity index (χ1v) is 3.60. The summed E-state index contributed by atoms with van der Waals surface area (Å²) in [5.41, 5.74) is 4.96. The summed E-state index contributed by atoms with van der Waals surface area (Å²) in [6.45, 7) is 6.08. The molecule has 0 atom stereocenters. The van der Waals surface area contributed by atoms with E-state index in [1.807, 2.05) is 13.8 Å². The molecule has 0 aliphatic heterocycles. The Kier molecular flexibility index (Phi) is 14.0. The maximum atomic E-state index is 10.4. The van der Waals surface area contributed by atoms with Gasteiger partial charge in [-0.2, -0.15) is 0 Å². The van der Waals surface area contributed by atoms with E-state index in [9.17, 15) is 4.79 Å². The monoisotopic (exact) mass is 149 g/mol. The molecule has 64 valence electrons. The van der Waals surface area contributed by atoms with Gasteiger partial charge in [-0.3, -0.25) is 4.79 Å². The summed E-state index contributed by atoms with van der Waals surface area (Å²) in [6.07, 6.45) is 0.528. The van der Waals surface area contributed by atoms with E-state index in [1.54, 1.807) is 6.92 Å². The fourth-order valence-corrected chi connectivity index (χ4v) is 0.275. The summed E-state index contributed by atoms with van der Waals surface area (Å²) in [7, 11) is 0. The third kappa shape index (κ3) is 10.5. The van der Waals surface area contributed by atoms with Gasteiger partial charge < -0.3 is 10.5 Å². The van der Waals surface area contributed by atoms with Gasteiger partial charge in [-0.25, -0.2) is 0 Å². The van der Waals surface area contributed by atoms with Crippen molar-refractivity contribution in [2.24, 2.45) is 5.73 Å². The van der Waals surface area contributed by atoms with Crippen LogP contribution in [-0.4, -0.2) is 19.1 Å². The summed E-state index contributed by atoms with van der Waals surface area (Å²) in [5.74, 6) is 0.0930. The average molecular weight is 149 g/mol. The van der Waals surface area contributed by atoms with Crippen molar-refractivity contribution in [3.05, 3.63) is 0 Å². The number of Topliss-reactive ketones (excluding diaryl/α,β-unsaturated/α-hetero) is 1. The summed E-state index contributed by atoms with van der Waals surface area (Å²) in [4.78, 5) is 10.4. The molecule has 2 N–H and O–H groups in total. The van der Waals surface area contributed by atoms with Gasteiger partial charge >= 0.3 is 0 Å². The second kappa shape index (κ2) is 11.4. The molecule has 3 nitrogen and oxygen atoms in total. The summed E-state index contributed by atoms with van der Waals surface area (Å²) < 4.78 is 4.61. The van der Waals surface area contributed by atoms with Crippen molar-refractivity contribution in [3.8, 4) is 0 Å². The molecule has 0 aliphatic rings. The van der Waals surface area contributed by atoms with Crippen LogP contribution in [0, 0.1) is 0 Å². The molecule has 0 aromatic rings. The molecule has 0 saturated carbocycles. The number of hydrogen-bond donors (Lipinski definition) is 1. The zero-order valence-corrected chi connectivity index (χ0v) is 7.02. The molecule has 0 aliphatic carbocycles. The highest BCUT2D eigenvalue weighted by Gasteiger charge is 1.93. The first-order chi connectivity index (χ1) is 4.81. The maximum absolute atomic E-state index is 10.4. The number of hydrogen-bond acceptors (Lipinski definition) is 3. The molecule has 0 rings (SSSR count). The molecule has 3 heteroatoms. The van der Waals surface area contributed by atoms with Crippen LogP contribution in [0.25, 0.3) is 0 Å². The third-order valence-electron chi connectivity index (χ3n) is 0.775. The molecule has 0 spiro atoms. The van der Waals surface area contributed by atoms with Gasteiger partial charge in [-0.05, 0) is 0 Å². The largest absolute Gasteiger partial charge is 0.359 e. The van der Waals surface area contributed by atoms with Gasteiger partial charge in [0.15, 0.2) is 5.78 Å². The minimum absolute atomic E-state index is 0. The molecular formula is C7H19NO2. The van der Waals surface area contributed by atoms with Gasteiger partial charge in [0.2, 0.25) is 0 Å². The van der Waals surface area contributed by atoms with Gasteiger partial charge in [0.25, 0.3) is 0 Å². The second-order valence-electron chi connectivity index (χ2n) is 1.41.